The molecule has 1 N–H and O–H groups in total. The Morgan fingerprint density at radius 3 is 3.00 bits per heavy atom. The molecular formula is C13H12ClN5OS. The zero-order valence-corrected chi connectivity index (χ0v) is 12.7. The predicted molar refractivity (Wildman–Crippen MR) is 80.8 cm³/mol. The Balaban J connectivity index is 1.66. The maximum absolute atomic E-state index is 6.14. The largest absolute Gasteiger partial charge is 0.338 e. The highest BCUT2D eigenvalue weighted by Crippen LogP contribution is 2.32. The minimum Gasteiger partial charge on any atom is -0.338 e. The molecule has 0 aliphatic rings. The van der Waals surface area contributed by atoms with Crippen LogP contribution in [-0.2, 0) is 5.75 Å². The Bertz CT molecular complexity index is 715. The molecule has 0 saturated carbocycles. The van der Waals surface area contributed by atoms with Crippen LogP contribution in [0.2, 0.25) is 5.02 Å². The van der Waals surface area contributed by atoms with Crippen molar-refractivity contribution in [2.75, 3.05) is 0 Å². The molecule has 1 aromatic carbocycles. The monoisotopic (exact) mass is 321 g/mol. The van der Waals surface area contributed by atoms with Gasteiger partial charge in [-0.2, -0.15) is 10.1 Å². The zero-order valence-electron chi connectivity index (χ0n) is 11.2. The average Bonchev–Trinajstić information content (AvgIpc) is 3.16. The van der Waals surface area contributed by atoms with Gasteiger partial charge in [0.25, 0.3) is 0 Å². The van der Waals surface area contributed by atoms with Crippen LogP contribution in [0.15, 0.2) is 35.1 Å². The summed E-state index contributed by atoms with van der Waals surface area (Å²) in [5.74, 6) is 2.24. The van der Waals surface area contributed by atoms with Gasteiger partial charge in [0.15, 0.2) is 5.82 Å². The van der Waals surface area contributed by atoms with E-state index in [1.165, 1.54) is 6.33 Å². The number of hydrogen-bond donors (Lipinski definition) is 1. The Morgan fingerprint density at radius 2 is 2.24 bits per heavy atom. The number of aromatic amines is 1. The number of benzene rings is 1. The average molecular weight is 322 g/mol. The number of halogens is 1. The predicted octanol–water partition coefficient (Wildman–Crippen LogP) is 3.50. The van der Waals surface area contributed by atoms with Crippen LogP contribution in [0.1, 0.15) is 23.6 Å². The first-order valence-electron chi connectivity index (χ1n) is 6.28. The molecule has 0 fully saturated rings. The van der Waals surface area contributed by atoms with Gasteiger partial charge >= 0.3 is 0 Å². The van der Waals surface area contributed by atoms with Crippen LogP contribution in [0.4, 0.5) is 0 Å². The third-order valence-corrected chi connectivity index (χ3v) is 4.41. The van der Waals surface area contributed by atoms with Gasteiger partial charge in [0.05, 0.1) is 5.25 Å². The molecule has 3 rings (SSSR count). The number of rotatable bonds is 5. The number of nitrogens with one attached hydrogen (secondary N) is 1. The molecule has 2 aromatic heterocycles. The van der Waals surface area contributed by atoms with Crippen LogP contribution in [0.5, 0.6) is 0 Å². The van der Waals surface area contributed by atoms with Crippen LogP contribution in [0.25, 0.3) is 11.6 Å². The standard InChI is InChI=1S/C13H12ClN5OS/c1-8(21-6-9-4-2-3-5-10(9)14)13-17-12(19-20-13)11-15-7-16-18-11/h2-5,7-8H,6H2,1H3,(H,15,16,18). The van der Waals surface area contributed by atoms with Crippen molar-refractivity contribution in [3.63, 3.8) is 0 Å². The lowest BCUT2D eigenvalue weighted by Crippen LogP contribution is -1.91. The van der Waals surface area contributed by atoms with Gasteiger partial charge in [-0.05, 0) is 18.6 Å². The van der Waals surface area contributed by atoms with Gasteiger partial charge in [0, 0.05) is 10.8 Å². The molecule has 0 spiro atoms. The first-order chi connectivity index (χ1) is 10.2. The minimum atomic E-state index is 0.0606. The topological polar surface area (TPSA) is 80.5 Å². The summed E-state index contributed by atoms with van der Waals surface area (Å²) in [5.41, 5.74) is 1.09. The van der Waals surface area contributed by atoms with Crippen molar-refractivity contribution in [1.82, 2.24) is 25.3 Å². The van der Waals surface area contributed by atoms with Crippen LogP contribution in [0.3, 0.4) is 0 Å². The van der Waals surface area contributed by atoms with E-state index >= 15 is 0 Å². The number of nitrogens with zero attached hydrogens (tertiary/aromatic N) is 4. The Labute approximate surface area is 130 Å². The molecule has 1 atom stereocenters. The second kappa shape index (κ2) is 6.28. The molecule has 108 valence electrons. The second-order valence-corrected chi connectivity index (χ2v) is 6.07. The van der Waals surface area contributed by atoms with E-state index in [0.717, 1.165) is 16.3 Å². The van der Waals surface area contributed by atoms with E-state index in [0.29, 0.717) is 17.5 Å². The quantitative estimate of drug-likeness (QED) is 0.774. The van der Waals surface area contributed by atoms with Crippen LogP contribution >= 0.6 is 23.4 Å². The van der Waals surface area contributed by atoms with Gasteiger partial charge in [0.2, 0.25) is 11.7 Å². The Kier molecular flexibility index (Phi) is 4.21. The summed E-state index contributed by atoms with van der Waals surface area (Å²) >= 11 is 7.82. The van der Waals surface area contributed by atoms with E-state index in [4.69, 9.17) is 16.1 Å². The fourth-order valence-corrected chi connectivity index (χ4v) is 2.91. The van der Waals surface area contributed by atoms with Crippen molar-refractivity contribution < 1.29 is 4.52 Å². The molecule has 0 bridgehead atoms. The Hall–Kier alpha value is -1.86. The lowest BCUT2D eigenvalue weighted by Gasteiger charge is -2.07. The van der Waals surface area contributed by atoms with E-state index in [1.807, 2.05) is 31.2 Å². The van der Waals surface area contributed by atoms with E-state index < -0.39 is 0 Å². The van der Waals surface area contributed by atoms with E-state index in [1.54, 1.807) is 11.8 Å². The zero-order chi connectivity index (χ0) is 14.7. The molecule has 21 heavy (non-hydrogen) atoms. The lowest BCUT2D eigenvalue weighted by molar-refractivity contribution is 0.380. The molecule has 8 heteroatoms. The van der Waals surface area contributed by atoms with E-state index in [2.05, 4.69) is 25.3 Å². The van der Waals surface area contributed by atoms with Crippen molar-refractivity contribution in [2.45, 2.75) is 17.9 Å². The van der Waals surface area contributed by atoms with Gasteiger partial charge in [-0.15, -0.1) is 11.8 Å². The number of aromatic nitrogens is 5. The molecular weight excluding hydrogens is 310 g/mol. The molecule has 0 radical (unpaired) electrons. The second-order valence-electron chi connectivity index (χ2n) is 4.33. The number of thioether (sulfide) groups is 1. The minimum absolute atomic E-state index is 0.0606. The van der Waals surface area contributed by atoms with Crippen molar-refractivity contribution >= 4 is 23.4 Å². The summed E-state index contributed by atoms with van der Waals surface area (Å²) in [6.07, 6.45) is 1.40. The van der Waals surface area contributed by atoms with Gasteiger partial charge in [0.1, 0.15) is 6.33 Å². The van der Waals surface area contributed by atoms with Crippen LogP contribution in [0, 0.1) is 0 Å². The van der Waals surface area contributed by atoms with E-state index in [9.17, 15) is 0 Å². The molecule has 6 nitrogen and oxygen atoms in total. The maximum Gasteiger partial charge on any atom is 0.239 e. The summed E-state index contributed by atoms with van der Waals surface area (Å²) in [6, 6.07) is 7.79. The summed E-state index contributed by atoms with van der Waals surface area (Å²) in [7, 11) is 0. The molecule has 0 amide bonds. The molecule has 0 aliphatic carbocycles. The SMILES string of the molecule is CC(SCc1ccccc1Cl)c1nc(-c2ncn[nH]2)no1. The number of hydrogen-bond acceptors (Lipinski definition) is 6. The van der Waals surface area contributed by atoms with Gasteiger partial charge < -0.3 is 4.52 Å². The molecule has 0 aliphatic heterocycles. The number of H-pyrrole nitrogens is 1. The van der Waals surface area contributed by atoms with Gasteiger partial charge in [-0.25, -0.2) is 4.98 Å². The third-order valence-electron chi connectivity index (χ3n) is 2.86. The highest BCUT2D eigenvalue weighted by atomic mass is 35.5. The first kappa shape index (κ1) is 14.1. The van der Waals surface area contributed by atoms with Gasteiger partial charge in [-0.1, -0.05) is 35.0 Å². The van der Waals surface area contributed by atoms with Crippen molar-refractivity contribution in [1.29, 1.82) is 0 Å². The van der Waals surface area contributed by atoms with Crippen LogP contribution < -0.4 is 0 Å². The molecule has 3 aromatic rings. The maximum atomic E-state index is 6.14. The lowest BCUT2D eigenvalue weighted by atomic mass is 10.2. The van der Waals surface area contributed by atoms with Crippen molar-refractivity contribution in [3.8, 4) is 11.6 Å². The van der Waals surface area contributed by atoms with Crippen LogP contribution in [-0.4, -0.2) is 25.3 Å². The Morgan fingerprint density at radius 1 is 1.38 bits per heavy atom. The third kappa shape index (κ3) is 3.25. The smallest absolute Gasteiger partial charge is 0.239 e. The van der Waals surface area contributed by atoms with Crippen molar-refractivity contribution in [3.05, 3.63) is 47.1 Å². The van der Waals surface area contributed by atoms with E-state index in [-0.39, 0.29) is 5.25 Å². The summed E-state index contributed by atoms with van der Waals surface area (Å²) in [5, 5.41) is 11.2. The fourth-order valence-electron chi connectivity index (χ4n) is 1.71. The molecule has 2 heterocycles. The molecule has 0 saturated heterocycles. The first-order valence-corrected chi connectivity index (χ1v) is 7.71. The normalized spacial score (nSPS) is 12.5. The van der Waals surface area contributed by atoms with Crippen molar-refractivity contribution in [2.24, 2.45) is 0 Å². The summed E-state index contributed by atoms with van der Waals surface area (Å²) < 4.78 is 5.27. The summed E-state index contributed by atoms with van der Waals surface area (Å²) in [4.78, 5) is 8.31. The highest BCUT2D eigenvalue weighted by Gasteiger charge is 2.17. The molecule has 1 unspecified atom stereocenters. The van der Waals surface area contributed by atoms with Gasteiger partial charge in [-0.3, -0.25) is 5.10 Å². The summed E-state index contributed by atoms with van der Waals surface area (Å²) in [6.45, 7) is 2.01. The fraction of sp³-hybridized carbons (Fsp3) is 0.231. The highest BCUT2D eigenvalue weighted by molar-refractivity contribution is 7.98.